The smallest absolute Gasteiger partial charge is 0.224 e. The summed E-state index contributed by atoms with van der Waals surface area (Å²) in [5, 5.41) is 4.03. The van der Waals surface area contributed by atoms with Gasteiger partial charge in [-0.3, -0.25) is 4.79 Å². The Morgan fingerprint density at radius 3 is 2.76 bits per heavy atom. The van der Waals surface area contributed by atoms with Gasteiger partial charge in [0.15, 0.2) is 0 Å². The molecule has 4 nitrogen and oxygen atoms in total. The number of hydrogen-bond acceptors (Lipinski definition) is 4. The molecule has 142 valence electrons. The van der Waals surface area contributed by atoms with Crippen LogP contribution in [0.4, 0.5) is 5.69 Å². The molecule has 2 aromatic heterocycles. The molecule has 4 rings (SSSR count). The SMILES string of the molecule is O=C(CCCc1nc2ccccc2s1)Nc1cccc(C#Cc2ccccn2)c1. The van der Waals surface area contributed by atoms with E-state index in [0.29, 0.717) is 6.42 Å². The van der Waals surface area contributed by atoms with E-state index in [1.165, 1.54) is 4.70 Å². The van der Waals surface area contributed by atoms with Crippen LogP contribution in [0.15, 0.2) is 72.9 Å². The molecule has 2 aromatic carbocycles. The number of thiazole rings is 1. The zero-order valence-corrected chi connectivity index (χ0v) is 16.6. The minimum Gasteiger partial charge on any atom is -0.326 e. The van der Waals surface area contributed by atoms with Crippen molar-refractivity contribution in [3.8, 4) is 11.8 Å². The second-order valence-corrected chi connectivity index (χ2v) is 7.64. The molecular weight excluding hydrogens is 378 g/mol. The Kier molecular flexibility index (Phi) is 5.94. The Labute approximate surface area is 173 Å². The number of rotatable bonds is 5. The van der Waals surface area contributed by atoms with Crippen LogP contribution in [-0.2, 0) is 11.2 Å². The van der Waals surface area contributed by atoms with Crippen molar-refractivity contribution in [2.75, 3.05) is 5.32 Å². The van der Waals surface area contributed by atoms with Crippen molar-refractivity contribution in [3.63, 3.8) is 0 Å². The molecule has 0 spiro atoms. The normalized spacial score (nSPS) is 10.3. The summed E-state index contributed by atoms with van der Waals surface area (Å²) in [6.07, 6.45) is 3.75. The number of carbonyl (C=O) groups excluding carboxylic acids is 1. The number of para-hydroxylation sites is 1. The van der Waals surface area contributed by atoms with Crippen LogP contribution < -0.4 is 5.32 Å². The zero-order valence-electron chi connectivity index (χ0n) is 15.8. The third-order valence-electron chi connectivity index (χ3n) is 4.28. The van der Waals surface area contributed by atoms with Gasteiger partial charge in [0.2, 0.25) is 5.91 Å². The van der Waals surface area contributed by atoms with E-state index >= 15 is 0 Å². The largest absolute Gasteiger partial charge is 0.326 e. The summed E-state index contributed by atoms with van der Waals surface area (Å²) >= 11 is 1.70. The summed E-state index contributed by atoms with van der Waals surface area (Å²) in [4.78, 5) is 21.1. The predicted octanol–water partition coefficient (Wildman–Crippen LogP) is 5.05. The average Bonchev–Trinajstić information content (AvgIpc) is 3.16. The highest BCUT2D eigenvalue weighted by Gasteiger charge is 2.06. The summed E-state index contributed by atoms with van der Waals surface area (Å²) in [6.45, 7) is 0. The van der Waals surface area contributed by atoms with Crippen LogP contribution in [0.1, 0.15) is 29.1 Å². The molecule has 0 saturated carbocycles. The molecule has 0 radical (unpaired) electrons. The number of aryl methyl sites for hydroxylation is 1. The van der Waals surface area contributed by atoms with Gasteiger partial charge in [-0.2, -0.15) is 0 Å². The van der Waals surface area contributed by atoms with Gasteiger partial charge < -0.3 is 5.32 Å². The Hall–Kier alpha value is -3.49. The van der Waals surface area contributed by atoms with Crippen LogP contribution in [0.2, 0.25) is 0 Å². The number of nitrogens with zero attached hydrogens (tertiary/aromatic N) is 2. The number of hydrogen-bond donors (Lipinski definition) is 1. The second kappa shape index (κ2) is 9.13. The molecule has 4 aromatic rings. The van der Waals surface area contributed by atoms with Gasteiger partial charge in [0, 0.05) is 23.9 Å². The highest BCUT2D eigenvalue weighted by Crippen LogP contribution is 2.22. The van der Waals surface area contributed by atoms with E-state index in [9.17, 15) is 4.79 Å². The quantitative estimate of drug-likeness (QED) is 0.479. The van der Waals surface area contributed by atoms with Gasteiger partial charge in [0.25, 0.3) is 0 Å². The van der Waals surface area contributed by atoms with Crippen molar-refractivity contribution < 1.29 is 4.79 Å². The van der Waals surface area contributed by atoms with E-state index in [1.807, 2.05) is 60.7 Å². The minimum absolute atomic E-state index is 0.000876. The predicted molar refractivity (Wildman–Crippen MR) is 118 cm³/mol. The molecule has 0 saturated heterocycles. The molecule has 1 N–H and O–H groups in total. The minimum atomic E-state index is 0.000876. The van der Waals surface area contributed by atoms with E-state index in [1.54, 1.807) is 17.5 Å². The standard InChI is InChI=1S/C24H19N3OS/c28-23(12-6-13-24-27-21-10-1-2-11-22(21)29-24)26-20-9-5-7-18(17-20)14-15-19-8-3-4-16-25-19/h1-5,7-11,16-17H,6,12-13H2,(H,26,28). The van der Waals surface area contributed by atoms with Gasteiger partial charge in [-0.05, 0) is 61.2 Å². The molecule has 5 heteroatoms. The summed E-state index contributed by atoms with van der Waals surface area (Å²) in [6, 6.07) is 21.3. The topological polar surface area (TPSA) is 54.9 Å². The van der Waals surface area contributed by atoms with Gasteiger partial charge in [-0.1, -0.05) is 30.2 Å². The van der Waals surface area contributed by atoms with Crippen LogP contribution >= 0.6 is 11.3 Å². The monoisotopic (exact) mass is 397 g/mol. The second-order valence-electron chi connectivity index (χ2n) is 6.52. The van der Waals surface area contributed by atoms with E-state index in [-0.39, 0.29) is 5.91 Å². The lowest BCUT2D eigenvalue weighted by atomic mass is 10.2. The Bertz CT molecular complexity index is 1160. The number of amides is 1. The van der Waals surface area contributed by atoms with Crippen LogP contribution in [0.25, 0.3) is 10.2 Å². The molecule has 0 bridgehead atoms. The first-order chi connectivity index (χ1) is 14.3. The molecule has 0 aliphatic carbocycles. The molecule has 0 unspecified atom stereocenters. The average molecular weight is 398 g/mol. The Morgan fingerprint density at radius 1 is 1.00 bits per heavy atom. The maximum atomic E-state index is 12.3. The first kappa shape index (κ1) is 18.9. The number of anilines is 1. The first-order valence-corrected chi connectivity index (χ1v) is 10.3. The summed E-state index contributed by atoms with van der Waals surface area (Å²) in [5.74, 6) is 6.11. The van der Waals surface area contributed by atoms with E-state index in [4.69, 9.17) is 0 Å². The fourth-order valence-electron chi connectivity index (χ4n) is 2.90. The van der Waals surface area contributed by atoms with Crippen LogP contribution in [0.5, 0.6) is 0 Å². The molecule has 0 aliphatic rings. The third kappa shape index (κ3) is 5.28. The van der Waals surface area contributed by atoms with Gasteiger partial charge >= 0.3 is 0 Å². The summed E-state index contributed by atoms with van der Waals surface area (Å²) in [5.41, 5.74) is 3.34. The number of carbonyl (C=O) groups is 1. The van der Waals surface area contributed by atoms with Crippen LogP contribution in [0, 0.1) is 11.8 Å². The summed E-state index contributed by atoms with van der Waals surface area (Å²) < 4.78 is 1.19. The Morgan fingerprint density at radius 2 is 1.90 bits per heavy atom. The number of nitrogens with one attached hydrogen (secondary N) is 1. The molecule has 2 heterocycles. The molecular formula is C24H19N3OS. The lowest BCUT2D eigenvalue weighted by molar-refractivity contribution is -0.116. The van der Waals surface area contributed by atoms with Crippen molar-refractivity contribution in [2.24, 2.45) is 0 Å². The maximum Gasteiger partial charge on any atom is 0.224 e. The summed E-state index contributed by atoms with van der Waals surface area (Å²) in [7, 11) is 0. The molecule has 29 heavy (non-hydrogen) atoms. The van der Waals surface area contributed by atoms with Crippen molar-refractivity contribution >= 4 is 33.1 Å². The van der Waals surface area contributed by atoms with Crippen LogP contribution in [0.3, 0.4) is 0 Å². The third-order valence-corrected chi connectivity index (χ3v) is 5.37. The molecule has 0 atom stereocenters. The fourth-order valence-corrected chi connectivity index (χ4v) is 3.91. The van der Waals surface area contributed by atoms with Crippen molar-refractivity contribution in [1.82, 2.24) is 9.97 Å². The van der Waals surface area contributed by atoms with Crippen molar-refractivity contribution in [1.29, 1.82) is 0 Å². The number of pyridine rings is 1. The number of aromatic nitrogens is 2. The van der Waals surface area contributed by atoms with Gasteiger partial charge in [-0.25, -0.2) is 9.97 Å². The highest BCUT2D eigenvalue weighted by molar-refractivity contribution is 7.18. The van der Waals surface area contributed by atoms with E-state index in [2.05, 4.69) is 33.2 Å². The molecule has 0 fully saturated rings. The molecule has 0 aliphatic heterocycles. The lowest BCUT2D eigenvalue weighted by Crippen LogP contribution is -2.11. The molecule has 1 amide bonds. The number of benzene rings is 2. The first-order valence-electron chi connectivity index (χ1n) is 9.44. The van der Waals surface area contributed by atoms with E-state index in [0.717, 1.165) is 40.3 Å². The lowest BCUT2D eigenvalue weighted by Gasteiger charge is -2.05. The van der Waals surface area contributed by atoms with Crippen LogP contribution in [-0.4, -0.2) is 15.9 Å². The highest BCUT2D eigenvalue weighted by atomic mass is 32.1. The zero-order chi connectivity index (χ0) is 19.9. The van der Waals surface area contributed by atoms with Gasteiger partial charge in [-0.15, -0.1) is 11.3 Å². The maximum absolute atomic E-state index is 12.3. The van der Waals surface area contributed by atoms with Crippen molar-refractivity contribution in [3.05, 3.63) is 89.2 Å². The van der Waals surface area contributed by atoms with Crippen molar-refractivity contribution in [2.45, 2.75) is 19.3 Å². The van der Waals surface area contributed by atoms with Gasteiger partial charge in [0.05, 0.1) is 15.2 Å². The van der Waals surface area contributed by atoms with Gasteiger partial charge in [0.1, 0.15) is 5.69 Å². The Balaban J connectivity index is 1.31. The van der Waals surface area contributed by atoms with E-state index < -0.39 is 0 Å². The number of fused-ring (bicyclic) bond motifs is 1. The fraction of sp³-hybridized carbons (Fsp3) is 0.125.